The summed E-state index contributed by atoms with van der Waals surface area (Å²) in [5, 5.41) is 9.18. The maximum atomic E-state index is 13.8. The summed E-state index contributed by atoms with van der Waals surface area (Å²) in [6, 6.07) is 7.37. The van der Waals surface area contributed by atoms with Crippen LogP contribution in [0.2, 0.25) is 10.0 Å². The number of carboxylic acid groups (broad SMARTS) is 1. The van der Waals surface area contributed by atoms with Crippen molar-refractivity contribution in [2.75, 3.05) is 0 Å². The van der Waals surface area contributed by atoms with E-state index in [1.165, 1.54) is 30.5 Å². The Bertz CT molecular complexity index is 1160. The molecular weight excluding hydrogens is 408 g/mol. The monoisotopic (exact) mass is 421 g/mol. The number of ether oxygens (including phenoxy) is 1. The Balaban J connectivity index is 1.98. The highest BCUT2D eigenvalue weighted by atomic mass is 35.5. The van der Waals surface area contributed by atoms with Gasteiger partial charge in [-0.3, -0.25) is 4.79 Å². The Hall–Kier alpha value is -2.83. The number of benzene rings is 2. The summed E-state index contributed by atoms with van der Waals surface area (Å²) in [4.78, 5) is 26.2. The van der Waals surface area contributed by atoms with Gasteiger partial charge in [0.2, 0.25) is 0 Å². The fraction of sp³-hybridized carbons (Fsp3) is 0.100. The highest BCUT2D eigenvalue weighted by Gasteiger charge is 2.19. The van der Waals surface area contributed by atoms with Crippen molar-refractivity contribution in [1.29, 1.82) is 0 Å². The van der Waals surface area contributed by atoms with Gasteiger partial charge in [-0.1, -0.05) is 23.2 Å². The summed E-state index contributed by atoms with van der Waals surface area (Å²) < 4.78 is 19.6. The van der Waals surface area contributed by atoms with Gasteiger partial charge in [-0.25, -0.2) is 9.18 Å². The Morgan fingerprint density at radius 1 is 1.29 bits per heavy atom. The summed E-state index contributed by atoms with van der Waals surface area (Å²) in [5.74, 6) is -1.42. The van der Waals surface area contributed by atoms with E-state index in [0.29, 0.717) is 22.2 Å². The molecule has 2 N–H and O–H groups in total. The third-order valence-corrected chi connectivity index (χ3v) is 4.80. The van der Waals surface area contributed by atoms with Gasteiger partial charge in [0.25, 0.3) is 0 Å². The number of aromatic nitrogens is 1. The lowest BCUT2D eigenvalue weighted by Crippen LogP contribution is -2.09. The second-order valence-corrected chi connectivity index (χ2v) is 6.75. The van der Waals surface area contributed by atoms with Crippen LogP contribution in [0.5, 0.6) is 5.75 Å². The third kappa shape index (κ3) is 4.03. The molecule has 0 amide bonds. The van der Waals surface area contributed by atoms with Gasteiger partial charge >= 0.3 is 5.97 Å². The number of carbonyl (C=O) groups is 1. The number of fused-ring (bicyclic) bond motifs is 1. The zero-order valence-electron chi connectivity index (χ0n) is 14.5. The number of hydrogen-bond donors (Lipinski definition) is 2. The van der Waals surface area contributed by atoms with Gasteiger partial charge in [0.05, 0.1) is 5.02 Å². The predicted molar refractivity (Wildman–Crippen MR) is 107 cm³/mol. The Labute approximate surface area is 169 Å². The topological polar surface area (TPSA) is 79.4 Å². The van der Waals surface area contributed by atoms with Crippen LogP contribution in [0.25, 0.3) is 17.0 Å². The Morgan fingerprint density at radius 2 is 2.04 bits per heavy atom. The van der Waals surface area contributed by atoms with Crippen molar-refractivity contribution in [3.8, 4) is 5.75 Å². The lowest BCUT2D eigenvalue weighted by Gasteiger charge is -2.18. The first-order valence-electron chi connectivity index (χ1n) is 8.14. The van der Waals surface area contributed by atoms with Crippen LogP contribution in [0.15, 0.2) is 47.4 Å². The normalized spacial score (nSPS) is 12.4. The molecule has 0 radical (unpaired) electrons. The number of carboxylic acids is 1. The van der Waals surface area contributed by atoms with Crippen molar-refractivity contribution in [2.24, 2.45) is 0 Å². The second kappa shape index (κ2) is 8.04. The van der Waals surface area contributed by atoms with Crippen LogP contribution in [-0.2, 0) is 4.79 Å². The summed E-state index contributed by atoms with van der Waals surface area (Å²) in [6.07, 6.45) is 2.84. The summed E-state index contributed by atoms with van der Waals surface area (Å²) >= 11 is 12.1. The molecule has 1 heterocycles. The van der Waals surface area contributed by atoms with Gasteiger partial charge in [-0.2, -0.15) is 0 Å². The molecule has 0 aliphatic heterocycles. The highest BCUT2D eigenvalue weighted by molar-refractivity contribution is 6.36. The fourth-order valence-electron chi connectivity index (χ4n) is 2.75. The maximum absolute atomic E-state index is 13.8. The molecule has 0 aliphatic rings. The van der Waals surface area contributed by atoms with Crippen LogP contribution in [0.1, 0.15) is 24.2 Å². The SMILES string of the molecule is C[C@H](Oc1ccc2[nH]cc(/C=C/C(=O)O)c(=O)c2c1)c1c(Cl)ccc(F)c1Cl. The van der Waals surface area contributed by atoms with Crippen molar-refractivity contribution < 1.29 is 19.0 Å². The van der Waals surface area contributed by atoms with Crippen molar-refractivity contribution in [3.63, 3.8) is 0 Å². The molecule has 2 aromatic carbocycles. The van der Waals surface area contributed by atoms with Crippen molar-refractivity contribution in [3.05, 3.63) is 79.8 Å². The minimum absolute atomic E-state index is 0.125. The molecule has 1 atom stereocenters. The van der Waals surface area contributed by atoms with E-state index in [-0.39, 0.29) is 21.0 Å². The number of pyridine rings is 1. The predicted octanol–water partition coefficient (Wildman–Crippen LogP) is 5.21. The van der Waals surface area contributed by atoms with Crippen LogP contribution >= 0.6 is 23.2 Å². The van der Waals surface area contributed by atoms with Gasteiger partial charge in [0, 0.05) is 39.3 Å². The van der Waals surface area contributed by atoms with Crippen LogP contribution in [0, 0.1) is 5.82 Å². The Kier molecular flexibility index (Phi) is 5.72. The summed E-state index contributed by atoms with van der Waals surface area (Å²) in [5.41, 5.74) is 0.692. The number of H-pyrrole nitrogens is 1. The lowest BCUT2D eigenvalue weighted by atomic mass is 10.1. The minimum Gasteiger partial charge on any atom is -0.486 e. The van der Waals surface area contributed by atoms with E-state index in [1.54, 1.807) is 19.1 Å². The first-order valence-corrected chi connectivity index (χ1v) is 8.90. The molecule has 3 aromatic rings. The molecule has 28 heavy (non-hydrogen) atoms. The number of rotatable bonds is 5. The second-order valence-electron chi connectivity index (χ2n) is 5.97. The molecule has 0 fully saturated rings. The third-order valence-electron chi connectivity index (χ3n) is 4.09. The molecule has 0 saturated carbocycles. The van der Waals surface area contributed by atoms with Crippen LogP contribution in [0.3, 0.4) is 0 Å². The maximum Gasteiger partial charge on any atom is 0.328 e. The number of aromatic amines is 1. The number of halogens is 3. The smallest absolute Gasteiger partial charge is 0.328 e. The molecule has 0 aliphatic carbocycles. The number of aliphatic carboxylic acids is 1. The van der Waals surface area contributed by atoms with Crippen molar-refractivity contribution in [1.82, 2.24) is 4.98 Å². The fourth-order valence-corrected chi connectivity index (χ4v) is 3.43. The molecular formula is C20H14Cl2FNO4. The zero-order valence-corrected chi connectivity index (χ0v) is 16.0. The lowest BCUT2D eigenvalue weighted by molar-refractivity contribution is -0.131. The van der Waals surface area contributed by atoms with Crippen LogP contribution in [-0.4, -0.2) is 16.1 Å². The standard InChI is InChI=1S/C20H14Cl2FNO4/c1-10(18-14(21)4-5-15(23)19(18)22)28-12-3-6-16-13(8-12)20(27)11(9-24-16)2-7-17(25)26/h2-10H,1H3,(H,24,27)(H,25,26)/b7-2+/t10-/m0/s1. The number of hydrogen-bond acceptors (Lipinski definition) is 3. The first-order chi connectivity index (χ1) is 13.3. The summed E-state index contributed by atoms with van der Waals surface area (Å²) in [7, 11) is 0. The van der Waals surface area contributed by atoms with Crippen molar-refractivity contribution in [2.45, 2.75) is 13.0 Å². The molecule has 144 valence electrons. The molecule has 0 unspecified atom stereocenters. The van der Waals surface area contributed by atoms with Gasteiger partial charge in [0.1, 0.15) is 17.7 Å². The molecule has 8 heteroatoms. The van der Waals surface area contributed by atoms with Crippen LogP contribution < -0.4 is 10.2 Å². The molecule has 1 aromatic heterocycles. The molecule has 0 bridgehead atoms. The zero-order chi connectivity index (χ0) is 20.4. The van der Waals surface area contributed by atoms with E-state index in [9.17, 15) is 14.0 Å². The largest absolute Gasteiger partial charge is 0.486 e. The minimum atomic E-state index is -1.16. The first kappa shape index (κ1) is 19.9. The van der Waals surface area contributed by atoms with Gasteiger partial charge in [-0.15, -0.1) is 0 Å². The van der Waals surface area contributed by atoms with E-state index in [1.807, 2.05) is 0 Å². The quantitative estimate of drug-likeness (QED) is 0.437. The van der Waals surface area contributed by atoms with E-state index in [0.717, 1.165) is 6.08 Å². The van der Waals surface area contributed by atoms with Crippen LogP contribution in [0.4, 0.5) is 4.39 Å². The average Bonchev–Trinajstić information content (AvgIpc) is 2.65. The molecule has 0 spiro atoms. The van der Waals surface area contributed by atoms with E-state index >= 15 is 0 Å². The number of nitrogens with one attached hydrogen (secondary N) is 1. The highest BCUT2D eigenvalue weighted by Crippen LogP contribution is 2.35. The molecule has 5 nitrogen and oxygen atoms in total. The van der Waals surface area contributed by atoms with E-state index < -0.39 is 17.9 Å². The van der Waals surface area contributed by atoms with E-state index in [4.69, 9.17) is 33.0 Å². The van der Waals surface area contributed by atoms with Gasteiger partial charge < -0.3 is 14.8 Å². The molecule has 0 saturated heterocycles. The molecule has 3 rings (SSSR count). The average molecular weight is 422 g/mol. The summed E-state index contributed by atoms with van der Waals surface area (Å²) in [6.45, 7) is 1.66. The van der Waals surface area contributed by atoms with E-state index in [2.05, 4.69) is 4.98 Å². The van der Waals surface area contributed by atoms with Gasteiger partial charge in [0.15, 0.2) is 5.43 Å². The van der Waals surface area contributed by atoms with Crippen molar-refractivity contribution >= 4 is 46.2 Å². The van der Waals surface area contributed by atoms with Gasteiger partial charge in [-0.05, 0) is 43.3 Å². The Morgan fingerprint density at radius 3 is 2.75 bits per heavy atom.